The molecule has 10 nitrogen and oxygen atoms in total. The highest BCUT2D eigenvalue weighted by Gasteiger charge is 2.38. The molecule has 2 heterocycles. The number of hydrogen-bond acceptors (Lipinski definition) is 8. The van der Waals surface area contributed by atoms with E-state index in [1.807, 2.05) is 13.0 Å². The number of benzene rings is 1. The average Bonchev–Trinajstić information content (AvgIpc) is 3.10. The van der Waals surface area contributed by atoms with Gasteiger partial charge in [0.05, 0.1) is 35.7 Å². The van der Waals surface area contributed by atoms with Crippen LogP contribution in [0.3, 0.4) is 0 Å². The molecule has 0 fully saturated rings. The number of hydrogen-bond donors (Lipinski definition) is 2. The zero-order valence-corrected chi connectivity index (χ0v) is 20.4. The Morgan fingerprint density at radius 1 is 1.24 bits per heavy atom. The Bertz CT molecular complexity index is 1140. The van der Waals surface area contributed by atoms with Crippen LogP contribution in [0.15, 0.2) is 47.6 Å². The van der Waals surface area contributed by atoms with Crippen LogP contribution in [0, 0.1) is 5.92 Å². The Morgan fingerprint density at radius 2 is 1.91 bits per heavy atom. The van der Waals surface area contributed by atoms with Gasteiger partial charge < -0.3 is 20.1 Å². The summed E-state index contributed by atoms with van der Waals surface area (Å²) >= 11 is 0. The van der Waals surface area contributed by atoms with Crippen molar-refractivity contribution in [3.8, 4) is 0 Å². The van der Waals surface area contributed by atoms with Gasteiger partial charge in [-0.15, -0.1) is 0 Å². The quantitative estimate of drug-likeness (QED) is 0.483. The number of anilines is 2. The molecule has 1 unspecified atom stereocenters. The number of sulfonamides is 1. The van der Waals surface area contributed by atoms with Crippen molar-refractivity contribution in [1.29, 1.82) is 0 Å². The molecule has 3 rings (SSSR count). The molecule has 0 saturated carbocycles. The molecule has 1 aliphatic rings. The molecule has 1 aliphatic heterocycles. The minimum Gasteiger partial charge on any atom is -0.480 e. The second-order valence-corrected chi connectivity index (χ2v) is 10.5. The third-order valence-corrected chi connectivity index (χ3v) is 7.53. The second-order valence-electron chi connectivity index (χ2n) is 8.59. The maximum Gasteiger partial charge on any atom is 0.322 e. The smallest absolute Gasteiger partial charge is 0.322 e. The normalized spacial score (nSPS) is 16.3. The monoisotopic (exact) mass is 490 g/mol. The van der Waals surface area contributed by atoms with Gasteiger partial charge in [0.25, 0.3) is 0 Å². The Kier molecular flexibility index (Phi) is 7.78. The van der Waals surface area contributed by atoms with Gasteiger partial charge in [0.2, 0.25) is 10.0 Å². The van der Waals surface area contributed by atoms with Crippen LogP contribution >= 0.6 is 0 Å². The number of carbonyl (C=O) groups excluding carboxylic acids is 1. The third kappa shape index (κ3) is 5.48. The highest BCUT2D eigenvalue weighted by atomic mass is 32.2. The number of esters is 1. The maximum absolute atomic E-state index is 13.4. The number of carboxylic acid groups (broad SMARTS) is 1. The fraction of sp³-hybridized carbons (Fsp3) is 0.435. The van der Waals surface area contributed by atoms with Gasteiger partial charge in [0.15, 0.2) is 0 Å². The van der Waals surface area contributed by atoms with E-state index in [4.69, 9.17) is 0 Å². The van der Waals surface area contributed by atoms with Crippen LogP contribution in [0.1, 0.15) is 32.8 Å². The third-order valence-electron chi connectivity index (χ3n) is 5.66. The first-order valence-electron chi connectivity index (χ1n) is 10.9. The van der Waals surface area contributed by atoms with Crippen LogP contribution < -0.4 is 10.2 Å². The summed E-state index contributed by atoms with van der Waals surface area (Å²) in [6, 6.07) is 6.76. The number of rotatable bonds is 10. The van der Waals surface area contributed by atoms with E-state index in [9.17, 15) is 23.1 Å². The zero-order chi connectivity index (χ0) is 25.0. The van der Waals surface area contributed by atoms with Crippen LogP contribution in [-0.2, 0) is 30.9 Å². The number of nitrogens with one attached hydrogen (secondary N) is 1. The van der Waals surface area contributed by atoms with Crippen LogP contribution in [0.2, 0.25) is 0 Å². The van der Waals surface area contributed by atoms with E-state index in [1.54, 1.807) is 38.4 Å². The highest BCUT2D eigenvalue weighted by Crippen LogP contribution is 2.34. The SMILES string of the molecule is COC(=O)CN([C@@H](CC(C)C)C(=O)O)S(=O)(=O)c1ccc(CN2c3ccncc3NC2C)cc1. The molecule has 0 saturated heterocycles. The first-order chi connectivity index (χ1) is 16.0. The van der Waals surface area contributed by atoms with Crippen molar-refractivity contribution in [3.05, 3.63) is 48.3 Å². The van der Waals surface area contributed by atoms with Crippen molar-refractivity contribution in [2.45, 2.75) is 50.8 Å². The lowest BCUT2D eigenvalue weighted by molar-refractivity contribution is -0.145. The van der Waals surface area contributed by atoms with Gasteiger partial charge in [0.1, 0.15) is 12.6 Å². The second kappa shape index (κ2) is 10.4. The van der Waals surface area contributed by atoms with Crippen LogP contribution in [0.5, 0.6) is 0 Å². The molecule has 1 aromatic carbocycles. The first-order valence-corrected chi connectivity index (χ1v) is 12.4. The van der Waals surface area contributed by atoms with Crippen LogP contribution in [0.25, 0.3) is 0 Å². The van der Waals surface area contributed by atoms with E-state index < -0.39 is 34.5 Å². The summed E-state index contributed by atoms with van der Waals surface area (Å²) in [5.41, 5.74) is 2.80. The predicted octanol–water partition coefficient (Wildman–Crippen LogP) is 2.52. The molecule has 2 atom stereocenters. The van der Waals surface area contributed by atoms with Crippen molar-refractivity contribution in [1.82, 2.24) is 9.29 Å². The molecular weight excluding hydrogens is 460 g/mol. The average molecular weight is 491 g/mol. The van der Waals surface area contributed by atoms with Crippen molar-refractivity contribution in [3.63, 3.8) is 0 Å². The van der Waals surface area contributed by atoms with Crippen LogP contribution in [-0.4, -0.2) is 60.6 Å². The van der Waals surface area contributed by atoms with Gasteiger partial charge in [-0.3, -0.25) is 14.6 Å². The van der Waals surface area contributed by atoms with E-state index >= 15 is 0 Å². The minimum absolute atomic E-state index is 0.0329. The van der Waals surface area contributed by atoms with Gasteiger partial charge >= 0.3 is 11.9 Å². The number of carboxylic acids is 1. The van der Waals surface area contributed by atoms with Crippen molar-refractivity contribution < 1.29 is 27.9 Å². The lowest BCUT2D eigenvalue weighted by Gasteiger charge is -2.28. The van der Waals surface area contributed by atoms with E-state index in [0.29, 0.717) is 10.8 Å². The summed E-state index contributed by atoms with van der Waals surface area (Å²) in [5, 5.41) is 13.1. The summed E-state index contributed by atoms with van der Waals surface area (Å²) in [6.45, 7) is 5.44. The molecule has 11 heteroatoms. The molecule has 0 bridgehead atoms. The number of carbonyl (C=O) groups is 2. The molecule has 0 radical (unpaired) electrons. The Labute approximate surface area is 199 Å². The summed E-state index contributed by atoms with van der Waals surface area (Å²) in [4.78, 5) is 30.0. The summed E-state index contributed by atoms with van der Waals surface area (Å²) in [5.74, 6) is -2.26. The number of pyridine rings is 1. The summed E-state index contributed by atoms with van der Waals surface area (Å²) in [6.07, 6.45) is 3.56. The van der Waals surface area contributed by atoms with Gasteiger partial charge in [-0.2, -0.15) is 4.31 Å². The van der Waals surface area contributed by atoms with Gasteiger partial charge in [0, 0.05) is 12.7 Å². The summed E-state index contributed by atoms with van der Waals surface area (Å²) < 4.78 is 32.2. The van der Waals surface area contributed by atoms with E-state index in [1.165, 1.54) is 12.1 Å². The number of fused-ring (bicyclic) bond motifs is 1. The lowest BCUT2D eigenvalue weighted by atomic mass is 10.0. The lowest BCUT2D eigenvalue weighted by Crippen LogP contribution is -2.48. The molecule has 2 aromatic rings. The van der Waals surface area contributed by atoms with Crippen molar-refractivity contribution in [2.24, 2.45) is 5.92 Å². The van der Waals surface area contributed by atoms with E-state index in [-0.39, 0.29) is 23.4 Å². The van der Waals surface area contributed by atoms with Crippen molar-refractivity contribution in [2.75, 3.05) is 23.9 Å². The van der Waals surface area contributed by atoms with E-state index in [2.05, 4.69) is 19.9 Å². The number of nitrogens with zero attached hydrogens (tertiary/aromatic N) is 3. The number of methoxy groups -OCH3 is 1. The largest absolute Gasteiger partial charge is 0.480 e. The Morgan fingerprint density at radius 3 is 2.50 bits per heavy atom. The molecule has 1 aromatic heterocycles. The van der Waals surface area contributed by atoms with Gasteiger partial charge in [-0.05, 0) is 43.0 Å². The fourth-order valence-electron chi connectivity index (χ4n) is 3.92. The first kappa shape index (κ1) is 25.4. The van der Waals surface area contributed by atoms with Gasteiger partial charge in [-0.25, -0.2) is 8.42 Å². The highest BCUT2D eigenvalue weighted by molar-refractivity contribution is 7.89. The van der Waals surface area contributed by atoms with Crippen LogP contribution in [0.4, 0.5) is 11.4 Å². The number of aliphatic carboxylic acids is 1. The molecule has 2 N–H and O–H groups in total. The Hall–Kier alpha value is -3.18. The molecule has 0 amide bonds. The van der Waals surface area contributed by atoms with E-state index in [0.717, 1.165) is 24.0 Å². The minimum atomic E-state index is -4.28. The number of aromatic nitrogens is 1. The molecular formula is C23H30N4O6S. The number of ether oxygens (including phenoxy) is 1. The molecule has 0 aliphatic carbocycles. The molecule has 34 heavy (non-hydrogen) atoms. The fourth-order valence-corrected chi connectivity index (χ4v) is 5.46. The summed E-state index contributed by atoms with van der Waals surface area (Å²) in [7, 11) is -3.15. The molecule has 0 spiro atoms. The maximum atomic E-state index is 13.4. The Balaban J connectivity index is 1.87. The van der Waals surface area contributed by atoms with Gasteiger partial charge in [-0.1, -0.05) is 26.0 Å². The zero-order valence-electron chi connectivity index (χ0n) is 19.6. The predicted molar refractivity (Wildman–Crippen MR) is 127 cm³/mol. The molecule has 184 valence electrons. The standard InChI is InChI=1S/C23H30N4O6S/c1-15(2)11-21(23(29)30)27(14-22(28)33-4)34(31,32)18-7-5-17(6-8-18)13-26-16(3)25-19-12-24-10-9-20(19)26/h5-10,12,15-16,21,25H,11,13-14H2,1-4H3,(H,29,30)/t16?,21-/m0/s1. The topological polar surface area (TPSA) is 129 Å². The van der Waals surface area contributed by atoms with Crippen molar-refractivity contribution >= 4 is 33.3 Å².